The lowest BCUT2D eigenvalue weighted by Gasteiger charge is -2.16. The molecular formula is C6H11O9P. The maximum absolute atomic E-state index is 10.6. The van der Waals surface area contributed by atoms with E-state index in [9.17, 15) is 14.2 Å². The molecule has 0 amide bonds. The highest BCUT2D eigenvalue weighted by Gasteiger charge is 2.26. The zero-order valence-corrected chi connectivity index (χ0v) is 8.78. The SMILES string of the molecule is O=C(O)C(=O)CC(O)C(O)COP(=O)(O)O. The molecule has 0 heterocycles. The van der Waals surface area contributed by atoms with Crippen LogP contribution in [0.25, 0.3) is 0 Å². The summed E-state index contributed by atoms with van der Waals surface area (Å²) in [6.45, 7) is -0.918. The second-order valence-corrected chi connectivity index (χ2v) is 4.09. The van der Waals surface area contributed by atoms with Crippen molar-refractivity contribution in [2.75, 3.05) is 6.61 Å². The van der Waals surface area contributed by atoms with E-state index in [0.717, 1.165) is 0 Å². The fraction of sp³-hybridized carbons (Fsp3) is 0.667. The molecule has 16 heavy (non-hydrogen) atoms. The Hall–Kier alpha value is -0.830. The number of hydrogen-bond donors (Lipinski definition) is 5. The van der Waals surface area contributed by atoms with Gasteiger partial charge in [-0.2, -0.15) is 0 Å². The van der Waals surface area contributed by atoms with Gasteiger partial charge in [-0.25, -0.2) is 9.36 Å². The number of carboxylic acid groups (broad SMARTS) is 1. The first-order valence-corrected chi connectivity index (χ1v) is 5.49. The molecule has 10 heteroatoms. The highest BCUT2D eigenvalue weighted by molar-refractivity contribution is 7.46. The van der Waals surface area contributed by atoms with Crippen LogP contribution in [0.5, 0.6) is 0 Å². The summed E-state index contributed by atoms with van der Waals surface area (Å²) in [5, 5.41) is 26.3. The van der Waals surface area contributed by atoms with Crippen LogP contribution in [0, 0.1) is 0 Å². The molecule has 94 valence electrons. The predicted octanol–water partition coefficient (Wildman–Crippen LogP) is -2.14. The molecule has 2 atom stereocenters. The van der Waals surface area contributed by atoms with Crippen molar-refractivity contribution in [2.24, 2.45) is 0 Å². The Bertz CT molecular complexity index is 307. The molecule has 0 spiro atoms. The molecule has 0 aromatic rings. The Labute approximate surface area is 89.5 Å². The maximum Gasteiger partial charge on any atom is 0.469 e. The maximum atomic E-state index is 10.6. The molecule has 0 fully saturated rings. The lowest BCUT2D eigenvalue weighted by molar-refractivity contribution is -0.150. The van der Waals surface area contributed by atoms with E-state index in [1.54, 1.807) is 0 Å². The van der Waals surface area contributed by atoms with Crippen molar-refractivity contribution in [3.05, 3.63) is 0 Å². The number of carboxylic acids is 1. The summed E-state index contributed by atoms with van der Waals surface area (Å²) in [5.74, 6) is -3.11. The van der Waals surface area contributed by atoms with Crippen molar-refractivity contribution in [1.82, 2.24) is 0 Å². The number of ketones is 1. The van der Waals surface area contributed by atoms with Crippen LogP contribution in [-0.2, 0) is 18.7 Å². The van der Waals surface area contributed by atoms with Gasteiger partial charge in [-0.3, -0.25) is 9.32 Å². The van der Waals surface area contributed by atoms with Gasteiger partial charge in [0, 0.05) is 6.42 Å². The molecule has 0 aliphatic rings. The van der Waals surface area contributed by atoms with Gasteiger partial charge < -0.3 is 25.1 Å². The quantitative estimate of drug-likeness (QED) is 0.253. The van der Waals surface area contributed by atoms with Crippen LogP contribution >= 0.6 is 7.82 Å². The third kappa shape index (κ3) is 6.62. The summed E-state index contributed by atoms with van der Waals surface area (Å²) in [4.78, 5) is 37.2. The molecule has 0 saturated heterocycles. The topological polar surface area (TPSA) is 162 Å². The fourth-order valence-corrected chi connectivity index (χ4v) is 1.04. The van der Waals surface area contributed by atoms with Gasteiger partial charge in [-0.15, -0.1) is 0 Å². The second kappa shape index (κ2) is 6.04. The van der Waals surface area contributed by atoms with Crippen molar-refractivity contribution in [3.63, 3.8) is 0 Å². The Kier molecular flexibility index (Phi) is 5.73. The van der Waals surface area contributed by atoms with Crippen molar-refractivity contribution in [2.45, 2.75) is 18.6 Å². The van der Waals surface area contributed by atoms with E-state index < -0.39 is 44.8 Å². The highest BCUT2D eigenvalue weighted by atomic mass is 31.2. The van der Waals surface area contributed by atoms with Crippen LogP contribution < -0.4 is 0 Å². The third-order valence-corrected chi connectivity index (χ3v) is 1.98. The third-order valence-electron chi connectivity index (χ3n) is 1.49. The first-order chi connectivity index (χ1) is 7.13. The van der Waals surface area contributed by atoms with E-state index in [0.29, 0.717) is 0 Å². The number of phosphoric acid groups is 1. The molecule has 0 saturated carbocycles. The summed E-state index contributed by atoms with van der Waals surface area (Å²) < 4.78 is 14.1. The number of aliphatic hydroxyl groups excluding tert-OH is 2. The standard InChI is InChI=1S/C6H11O9P/c7-3(1-4(8)6(10)11)5(9)2-15-16(12,13)14/h3,5,7,9H,1-2H2,(H,10,11)(H2,12,13,14). The number of phosphoric ester groups is 1. The Balaban J connectivity index is 4.09. The van der Waals surface area contributed by atoms with Crippen LogP contribution in [0.15, 0.2) is 0 Å². The van der Waals surface area contributed by atoms with E-state index in [4.69, 9.17) is 25.1 Å². The van der Waals surface area contributed by atoms with Gasteiger partial charge in [0.25, 0.3) is 0 Å². The number of Topliss-reactive ketones (excluding diaryl/α,β-unsaturated/α-hetero) is 1. The normalized spacial score (nSPS) is 15.5. The summed E-state index contributed by atoms with van der Waals surface area (Å²) in [5.41, 5.74) is 0. The molecule has 2 unspecified atom stereocenters. The number of aliphatic hydroxyl groups is 2. The minimum atomic E-state index is -4.78. The Morgan fingerprint density at radius 2 is 1.69 bits per heavy atom. The van der Waals surface area contributed by atoms with Crippen LogP contribution in [0.3, 0.4) is 0 Å². The van der Waals surface area contributed by atoms with E-state index in [-0.39, 0.29) is 0 Å². The minimum Gasteiger partial charge on any atom is -0.475 e. The summed E-state index contributed by atoms with van der Waals surface area (Å²) in [7, 11) is -4.78. The van der Waals surface area contributed by atoms with E-state index in [2.05, 4.69) is 4.52 Å². The van der Waals surface area contributed by atoms with Gasteiger partial charge in [0.1, 0.15) is 6.10 Å². The number of aliphatic carboxylic acids is 1. The molecule has 0 radical (unpaired) electrons. The number of carbonyl (C=O) groups excluding carboxylic acids is 1. The zero-order chi connectivity index (χ0) is 12.9. The molecule has 9 nitrogen and oxygen atoms in total. The average molecular weight is 258 g/mol. The van der Waals surface area contributed by atoms with Gasteiger partial charge in [0.05, 0.1) is 12.7 Å². The van der Waals surface area contributed by atoms with Gasteiger partial charge in [0.15, 0.2) is 0 Å². The largest absolute Gasteiger partial charge is 0.475 e. The van der Waals surface area contributed by atoms with Crippen molar-refractivity contribution >= 4 is 19.6 Å². The second-order valence-electron chi connectivity index (χ2n) is 2.85. The average Bonchev–Trinajstić information content (AvgIpc) is 2.12. The summed E-state index contributed by atoms with van der Waals surface area (Å²) >= 11 is 0. The monoisotopic (exact) mass is 258 g/mol. The van der Waals surface area contributed by atoms with Crippen LogP contribution in [0.4, 0.5) is 0 Å². The lowest BCUT2D eigenvalue weighted by Crippen LogP contribution is -2.33. The molecule has 0 rings (SSSR count). The van der Waals surface area contributed by atoms with Gasteiger partial charge >= 0.3 is 13.8 Å². The molecule has 0 aliphatic heterocycles. The lowest BCUT2D eigenvalue weighted by atomic mass is 10.1. The minimum absolute atomic E-state index is 0.874. The summed E-state index contributed by atoms with van der Waals surface area (Å²) in [6.07, 6.45) is -4.41. The highest BCUT2D eigenvalue weighted by Crippen LogP contribution is 2.35. The van der Waals surface area contributed by atoms with E-state index in [1.807, 2.05) is 0 Å². The molecule has 5 N–H and O–H groups in total. The number of hydrogen-bond acceptors (Lipinski definition) is 6. The zero-order valence-electron chi connectivity index (χ0n) is 7.89. The molecule has 0 aromatic carbocycles. The molecule has 0 aromatic heterocycles. The van der Waals surface area contributed by atoms with Gasteiger partial charge in [-0.05, 0) is 0 Å². The summed E-state index contributed by atoms with van der Waals surface area (Å²) in [6, 6.07) is 0. The van der Waals surface area contributed by atoms with E-state index >= 15 is 0 Å². The smallest absolute Gasteiger partial charge is 0.469 e. The first-order valence-electron chi connectivity index (χ1n) is 3.96. The van der Waals surface area contributed by atoms with Crippen molar-refractivity contribution in [3.8, 4) is 0 Å². The van der Waals surface area contributed by atoms with Crippen LogP contribution in [-0.4, -0.2) is 55.7 Å². The Morgan fingerprint density at radius 3 is 2.06 bits per heavy atom. The predicted molar refractivity (Wildman–Crippen MR) is 47.3 cm³/mol. The van der Waals surface area contributed by atoms with Crippen LogP contribution in [0.1, 0.15) is 6.42 Å². The number of carbonyl (C=O) groups is 2. The van der Waals surface area contributed by atoms with Crippen molar-refractivity contribution < 1.29 is 43.8 Å². The molecule has 0 bridgehead atoms. The van der Waals surface area contributed by atoms with E-state index in [1.165, 1.54) is 0 Å². The fourth-order valence-electron chi connectivity index (χ4n) is 0.698. The molecular weight excluding hydrogens is 247 g/mol. The van der Waals surface area contributed by atoms with Crippen LogP contribution in [0.2, 0.25) is 0 Å². The Morgan fingerprint density at radius 1 is 1.19 bits per heavy atom. The van der Waals surface area contributed by atoms with Gasteiger partial charge in [0.2, 0.25) is 5.78 Å². The van der Waals surface area contributed by atoms with Gasteiger partial charge in [-0.1, -0.05) is 0 Å². The van der Waals surface area contributed by atoms with Crippen molar-refractivity contribution in [1.29, 1.82) is 0 Å². The number of rotatable bonds is 7. The molecule has 0 aliphatic carbocycles. The first kappa shape index (κ1) is 15.2.